The molecule has 0 heterocycles. The van der Waals surface area contributed by atoms with E-state index in [4.69, 9.17) is 0 Å². The van der Waals surface area contributed by atoms with Gasteiger partial charge in [-0.15, -0.1) is 5.54 Å². The van der Waals surface area contributed by atoms with Crippen molar-refractivity contribution in [1.29, 1.82) is 0 Å². The third kappa shape index (κ3) is 8.27. The van der Waals surface area contributed by atoms with Crippen molar-refractivity contribution in [1.82, 2.24) is 0 Å². The van der Waals surface area contributed by atoms with Gasteiger partial charge in [-0.25, -0.2) is 0 Å². The average molecular weight is 610 g/mol. The maximum absolute atomic E-state index is 3.68. The molecule has 1 nitrogen and oxygen atoms in total. The molecule has 5 rings (SSSR count). The minimum absolute atomic E-state index is 1.14. The molecular weight excluding hydrogens is 559 g/mol. The first kappa shape index (κ1) is 32.6. The standard InChI is InChI=1S/C43H51NSi/c1-6-8-10-12-18-34-24-28-36(29-25-34)44(37-30-26-35(27-31-37)19-13-11-9-7-2)43-41-22-16-14-20-38(41)40(32-33-45(3,4)5)39-21-15-17-23-42(39)43/h14-17,20-31H,6-13,18-19H2,1-5H3. The molecule has 0 spiro atoms. The number of unbranched alkanes of at least 4 members (excludes halogenated alkanes) is 6. The van der Waals surface area contributed by atoms with Gasteiger partial charge >= 0.3 is 0 Å². The molecule has 0 amide bonds. The van der Waals surface area contributed by atoms with Crippen LogP contribution < -0.4 is 4.90 Å². The van der Waals surface area contributed by atoms with E-state index in [1.807, 2.05) is 0 Å². The van der Waals surface area contributed by atoms with Crippen LogP contribution >= 0.6 is 0 Å². The molecule has 0 radical (unpaired) electrons. The molecule has 0 bridgehead atoms. The van der Waals surface area contributed by atoms with Crippen LogP contribution in [0.5, 0.6) is 0 Å². The topological polar surface area (TPSA) is 3.24 Å². The van der Waals surface area contributed by atoms with E-state index in [9.17, 15) is 0 Å². The Morgan fingerprint density at radius 2 is 0.933 bits per heavy atom. The maximum Gasteiger partial charge on any atom is 0.129 e. The van der Waals surface area contributed by atoms with Crippen molar-refractivity contribution in [3.63, 3.8) is 0 Å². The van der Waals surface area contributed by atoms with Crippen LogP contribution in [0, 0.1) is 11.5 Å². The van der Waals surface area contributed by atoms with Gasteiger partial charge in [0.05, 0.1) is 5.69 Å². The number of anilines is 3. The molecular formula is C43H51NSi. The summed E-state index contributed by atoms with van der Waals surface area (Å²) < 4.78 is 0. The molecule has 0 fully saturated rings. The Kier molecular flexibility index (Phi) is 11.2. The Morgan fingerprint density at radius 3 is 1.33 bits per heavy atom. The fourth-order valence-electron chi connectivity index (χ4n) is 6.27. The second-order valence-electron chi connectivity index (χ2n) is 13.6. The van der Waals surface area contributed by atoms with Crippen LogP contribution in [0.3, 0.4) is 0 Å². The van der Waals surface area contributed by atoms with Gasteiger partial charge in [-0.2, -0.15) is 0 Å². The molecule has 0 N–H and O–H groups in total. The van der Waals surface area contributed by atoms with Crippen LogP contribution in [-0.2, 0) is 12.8 Å². The lowest BCUT2D eigenvalue weighted by atomic mass is 9.93. The van der Waals surface area contributed by atoms with Gasteiger partial charge in [-0.05, 0) is 61.1 Å². The number of hydrogen-bond acceptors (Lipinski definition) is 1. The number of aryl methyl sites for hydroxylation is 2. The van der Waals surface area contributed by atoms with Crippen LogP contribution in [0.2, 0.25) is 19.6 Å². The van der Waals surface area contributed by atoms with E-state index in [0.717, 1.165) is 18.4 Å². The molecule has 0 saturated heterocycles. The Bertz CT molecular complexity index is 1630. The molecule has 0 aliphatic heterocycles. The van der Waals surface area contributed by atoms with Gasteiger partial charge in [-0.3, -0.25) is 0 Å². The Morgan fingerprint density at radius 1 is 0.511 bits per heavy atom. The third-order valence-electron chi connectivity index (χ3n) is 8.72. The lowest BCUT2D eigenvalue weighted by molar-refractivity contribution is 0.667. The van der Waals surface area contributed by atoms with Gasteiger partial charge in [0.25, 0.3) is 0 Å². The molecule has 232 valence electrons. The van der Waals surface area contributed by atoms with Crippen molar-refractivity contribution in [3.05, 3.63) is 114 Å². The first-order valence-corrected chi connectivity index (χ1v) is 20.8. The summed E-state index contributed by atoms with van der Waals surface area (Å²) in [6.07, 6.45) is 12.6. The van der Waals surface area contributed by atoms with E-state index in [2.05, 4.69) is 147 Å². The Labute approximate surface area is 273 Å². The fourth-order valence-corrected chi connectivity index (χ4v) is 6.77. The molecule has 0 saturated carbocycles. The second kappa shape index (κ2) is 15.5. The number of benzene rings is 5. The van der Waals surface area contributed by atoms with Gasteiger partial charge in [0.15, 0.2) is 0 Å². The van der Waals surface area contributed by atoms with Crippen LogP contribution in [0.25, 0.3) is 21.5 Å². The van der Waals surface area contributed by atoms with Crippen molar-refractivity contribution in [2.75, 3.05) is 4.90 Å². The summed E-state index contributed by atoms with van der Waals surface area (Å²) in [6, 6.07) is 36.4. The zero-order valence-electron chi connectivity index (χ0n) is 28.3. The fraction of sp³-hybridized carbons (Fsp3) is 0.349. The van der Waals surface area contributed by atoms with Crippen molar-refractivity contribution < 1.29 is 0 Å². The van der Waals surface area contributed by atoms with E-state index in [1.54, 1.807) is 0 Å². The maximum atomic E-state index is 3.68. The monoisotopic (exact) mass is 609 g/mol. The van der Waals surface area contributed by atoms with Crippen LogP contribution in [0.1, 0.15) is 81.9 Å². The van der Waals surface area contributed by atoms with Gasteiger partial charge in [0, 0.05) is 38.5 Å². The predicted molar refractivity (Wildman–Crippen MR) is 202 cm³/mol. The van der Waals surface area contributed by atoms with Gasteiger partial charge in [0.1, 0.15) is 8.07 Å². The van der Waals surface area contributed by atoms with E-state index in [1.165, 1.54) is 101 Å². The van der Waals surface area contributed by atoms with Crippen molar-refractivity contribution in [3.8, 4) is 11.5 Å². The minimum Gasteiger partial charge on any atom is -0.309 e. The summed E-state index contributed by atoms with van der Waals surface area (Å²) >= 11 is 0. The quantitative estimate of drug-likeness (QED) is 0.0555. The summed E-state index contributed by atoms with van der Waals surface area (Å²) in [5.41, 5.74) is 11.3. The van der Waals surface area contributed by atoms with Gasteiger partial charge in [-0.1, -0.05) is 151 Å². The number of rotatable bonds is 13. The lowest BCUT2D eigenvalue weighted by Gasteiger charge is -2.29. The molecule has 0 aliphatic rings. The summed E-state index contributed by atoms with van der Waals surface area (Å²) in [4.78, 5) is 2.49. The summed E-state index contributed by atoms with van der Waals surface area (Å²) in [5, 5.41) is 4.93. The highest BCUT2D eigenvalue weighted by Gasteiger charge is 2.21. The van der Waals surface area contributed by atoms with Gasteiger partial charge in [0.2, 0.25) is 0 Å². The zero-order valence-corrected chi connectivity index (χ0v) is 29.3. The number of hydrogen-bond donors (Lipinski definition) is 0. The largest absolute Gasteiger partial charge is 0.309 e. The minimum atomic E-state index is -1.57. The lowest BCUT2D eigenvalue weighted by Crippen LogP contribution is -2.16. The zero-order chi connectivity index (χ0) is 31.6. The average Bonchev–Trinajstić information content (AvgIpc) is 3.05. The summed E-state index contributed by atoms with van der Waals surface area (Å²) in [6.45, 7) is 11.5. The van der Waals surface area contributed by atoms with Crippen molar-refractivity contribution in [2.45, 2.75) is 97.7 Å². The predicted octanol–water partition coefficient (Wildman–Crippen LogP) is 12.9. The third-order valence-corrected chi connectivity index (χ3v) is 9.59. The second-order valence-corrected chi connectivity index (χ2v) is 18.4. The molecule has 0 atom stereocenters. The van der Waals surface area contributed by atoms with E-state index >= 15 is 0 Å². The number of nitrogens with zero attached hydrogens (tertiary/aromatic N) is 1. The highest BCUT2D eigenvalue weighted by Crippen LogP contribution is 2.45. The molecule has 2 heteroatoms. The van der Waals surface area contributed by atoms with E-state index in [-0.39, 0.29) is 0 Å². The highest BCUT2D eigenvalue weighted by molar-refractivity contribution is 6.83. The van der Waals surface area contributed by atoms with E-state index in [0.29, 0.717) is 0 Å². The first-order valence-electron chi connectivity index (χ1n) is 17.3. The van der Waals surface area contributed by atoms with Crippen LogP contribution in [0.15, 0.2) is 97.1 Å². The first-order chi connectivity index (χ1) is 21.9. The molecule has 0 aliphatic carbocycles. The summed E-state index contributed by atoms with van der Waals surface area (Å²) in [7, 11) is -1.57. The number of fused-ring (bicyclic) bond motifs is 2. The summed E-state index contributed by atoms with van der Waals surface area (Å²) in [5.74, 6) is 3.68. The normalized spacial score (nSPS) is 11.5. The van der Waals surface area contributed by atoms with Crippen LogP contribution in [0.4, 0.5) is 17.1 Å². The van der Waals surface area contributed by atoms with Crippen LogP contribution in [-0.4, -0.2) is 8.07 Å². The SMILES string of the molecule is CCCCCCc1ccc(N(c2ccc(CCCCCC)cc2)c2c3ccccc3c(C#C[Si](C)(C)C)c3ccccc23)cc1. The van der Waals surface area contributed by atoms with Gasteiger partial charge < -0.3 is 4.90 Å². The molecule has 0 unspecified atom stereocenters. The molecule has 5 aromatic carbocycles. The van der Waals surface area contributed by atoms with Crippen molar-refractivity contribution in [2.24, 2.45) is 0 Å². The molecule has 0 aromatic heterocycles. The molecule has 5 aromatic rings. The Balaban J connectivity index is 1.67. The highest BCUT2D eigenvalue weighted by atomic mass is 28.3. The van der Waals surface area contributed by atoms with Crippen molar-refractivity contribution >= 4 is 46.7 Å². The van der Waals surface area contributed by atoms with E-state index < -0.39 is 8.07 Å². The Hall–Kier alpha value is -3.80. The smallest absolute Gasteiger partial charge is 0.129 e. The molecule has 45 heavy (non-hydrogen) atoms.